The predicted octanol–water partition coefficient (Wildman–Crippen LogP) is 1.15. The maximum absolute atomic E-state index is 11.7. The second-order valence-corrected chi connectivity index (χ2v) is 3.72. The number of carbonyl (C=O) groups excluding carboxylic acids is 2. The number of nitrogens with one attached hydrogen (secondary N) is 1. The van der Waals surface area contributed by atoms with E-state index >= 15 is 0 Å². The molecule has 0 spiro atoms. The van der Waals surface area contributed by atoms with Gasteiger partial charge in [0.15, 0.2) is 5.78 Å². The molecule has 1 aromatic carbocycles. The van der Waals surface area contributed by atoms with Crippen LogP contribution in [0.3, 0.4) is 0 Å². The molecule has 0 fully saturated rings. The van der Waals surface area contributed by atoms with Gasteiger partial charge in [-0.15, -0.1) is 0 Å². The third-order valence-corrected chi connectivity index (χ3v) is 2.34. The molecule has 1 rings (SSSR count). The van der Waals surface area contributed by atoms with Crippen LogP contribution in [0.2, 0.25) is 0 Å². The van der Waals surface area contributed by atoms with Gasteiger partial charge in [0, 0.05) is 24.9 Å². The molecule has 0 atom stereocenters. The fraction of sp³-hybridized carbons (Fsp3) is 0.385. The molecule has 0 saturated carbocycles. The van der Waals surface area contributed by atoms with Crippen molar-refractivity contribution in [3.8, 4) is 0 Å². The van der Waals surface area contributed by atoms with Gasteiger partial charge in [0.1, 0.15) is 0 Å². The number of carbonyl (C=O) groups is 2. The van der Waals surface area contributed by atoms with Crippen LogP contribution in [0.4, 0.5) is 0 Å². The summed E-state index contributed by atoms with van der Waals surface area (Å²) in [7, 11) is 0. The Hall–Kier alpha value is -1.68. The number of hydrogen-bond acceptors (Lipinski definition) is 3. The first kappa shape index (κ1) is 13.4. The van der Waals surface area contributed by atoms with E-state index in [1.165, 1.54) is 0 Å². The van der Waals surface area contributed by atoms with Crippen LogP contribution >= 0.6 is 0 Å². The Labute approximate surface area is 101 Å². The third-order valence-electron chi connectivity index (χ3n) is 2.34. The molecule has 0 aromatic heterocycles. The number of hydrogen-bond donors (Lipinski definition) is 2. The van der Waals surface area contributed by atoms with E-state index in [0.29, 0.717) is 24.8 Å². The lowest BCUT2D eigenvalue weighted by molar-refractivity contribution is -0.121. The molecule has 0 aliphatic rings. The first-order valence-electron chi connectivity index (χ1n) is 5.70. The summed E-state index contributed by atoms with van der Waals surface area (Å²) < 4.78 is 0. The van der Waals surface area contributed by atoms with Crippen molar-refractivity contribution in [2.24, 2.45) is 0 Å². The second kappa shape index (κ2) is 7.57. The molecule has 0 saturated heterocycles. The van der Waals surface area contributed by atoms with Gasteiger partial charge in [-0.3, -0.25) is 9.59 Å². The number of aliphatic hydroxyl groups excluding tert-OH is 1. The van der Waals surface area contributed by atoms with Crippen molar-refractivity contribution < 1.29 is 14.7 Å². The highest BCUT2D eigenvalue weighted by Crippen LogP contribution is 2.06. The van der Waals surface area contributed by atoms with Gasteiger partial charge in [0.05, 0.1) is 6.61 Å². The van der Waals surface area contributed by atoms with E-state index in [4.69, 9.17) is 5.11 Å². The van der Waals surface area contributed by atoms with Crippen molar-refractivity contribution in [3.63, 3.8) is 0 Å². The molecular formula is C13H17NO3. The molecule has 1 amide bonds. The Morgan fingerprint density at radius 3 is 2.47 bits per heavy atom. The van der Waals surface area contributed by atoms with Crippen LogP contribution in [0, 0.1) is 0 Å². The van der Waals surface area contributed by atoms with Gasteiger partial charge in [-0.05, 0) is 6.42 Å². The first-order chi connectivity index (χ1) is 8.24. The fourth-order valence-electron chi connectivity index (χ4n) is 1.46. The number of ketones is 1. The SMILES string of the molecule is O=C(CCCC(=O)c1ccccc1)NCCO. The molecule has 92 valence electrons. The van der Waals surface area contributed by atoms with Crippen LogP contribution in [-0.4, -0.2) is 29.9 Å². The van der Waals surface area contributed by atoms with Gasteiger partial charge in [-0.2, -0.15) is 0 Å². The summed E-state index contributed by atoms with van der Waals surface area (Å²) in [6.07, 6.45) is 1.22. The zero-order valence-electron chi connectivity index (χ0n) is 9.69. The minimum absolute atomic E-state index is 0.0561. The summed E-state index contributed by atoms with van der Waals surface area (Å²) in [4.78, 5) is 22.9. The van der Waals surface area contributed by atoms with Gasteiger partial charge >= 0.3 is 0 Å². The minimum Gasteiger partial charge on any atom is -0.395 e. The van der Waals surface area contributed by atoms with Gasteiger partial charge in [0.2, 0.25) is 5.91 Å². The van der Waals surface area contributed by atoms with E-state index in [2.05, 4.69) is 5.32 Å². The summed E-state index contributed by atoms with van der Waals surface area (Å²) >= 11 is 0. The lowest BCUT2D eigenvalue weighted by Gasteiger charge is -2.03. The molecule has 4 nitrogen and oxygen atoms in total. The highest BCUT2D eigenvalue weighted by Gasteiger charge is 2.06. The summed E-state index contributed by atoms with van der Waals surface area (Å²) in [5, 5.41) is 11.1. The molecule has 0 aliphatic heterocycles. The molecule has 0 bridgehead atoms. The molecular weight excluding hydrogens is 218 g/mol. The normalized spacial score (nSPS) is 9.94. The molecule has 0 radical (unpaired) electrons. The Morgan fingerprint density at radius 1 is 1.12 bits per heavy atom. The van der Waals surface area contributed by atoms with Crippen molar-refractivity contribution in [2.45, 2.75) is 19.3 Å². The molecule has 1 aromatic rings. The molecule has 4 heteroatoms. The van der Waals surface area contributed by atoms with E-state index in [9.17, 15) is 9.59 Å². The minimum atomic E-state index is -0.125. The Kier molecular flexibility index (Phi) is 5.96. The van der Waals surface area contributed by atoms with Crippen LogP contribution in [0.25, 0.3) is 0 Å². The first-order valence-corrected chi connectivity index (χ1v) is 5.70. The average molecular weight is 235 g/mol. The van der Waals surface area contributed by atoms with Crippen molar-refractivity contribution >= 4 is 11.7 Å². The van der Waals surface area contributed by atoms with E-state index in [1.807, 2.05) is 18.2 Å². The largest absolute Gasteiger partial charge is 0.395 e. The van der Waals surface area contributed by atoms with Crippen LogP contribution in [0.5, 0.6) is 0 Å². The average Bonchev–Trinajstić information content (AvgIpc) is 2.37. The molecule has 17 heavy (non-hydrogen) atoms. The summed E-state index contributed by atoms with van der Waals surface area (Å²) in [5.41, 5.74) is 0.684. The topological polar surface area (TPSA) is 66.4 Å². The van der Waals surface area contributed by atoms with Crippen molar-refractivity contribution in [2.75, 3.05) is 13.2 Å². The summed E-state index contributed by atoms with van der Waals surface area (Å²) in [5.74, 6) is -0.0690. The van der Waals surface area contributed by atoms with Crippen LogP contribution < -0.4 is 5.32 Å². The van der Waals surface area contributed by atoms with Gasteiger partial charge < -0.3 is 10.4 Å². The van der Waals surface area contributed by atoms with Gasteiger partial charge in [-0.1, -0.05) is 30.3 Å². The molecule has 0 aliphatic carbocycles. The summed E-state index contributed by atoms with van der Waals surface area (Å²) in [6.45, 7) is 0.208. The van der Waals surface area contributed by atoms with Crippen LogP contribution in [0.15, 0.2) is 30.3 Å². The molecule has 2 N–H and O–H groups in total. The second-order valence-electron chi connectivity index (χ2n) is 3.72. The van der Waals surface area contributed by atoms with E-state index in [1.54, 1.807) is 12.1 Å². The number of benzene rings is 1. The zero-order valence-corrected chi connectivity index (χ0v) is 9.69. The molecule has 0 heterocycles. The fourth-order valence-corrected chi connectivity index (χ4v) is 1.46. The van der Waals surface area contributed by atoms with Crippen LogP contribution in [-0.2, 0) is 4.79 Å². The zero-order chi connectivity index (χ0) is 12.5. The molecule has 0 unspecified atom stereocenters. The Balaban J connectivity index is 2.23. The Morgan fingerprint density at radius 2 is 1.82 bits per heavy atom. The van der Waals surface area contributed by atoms with E-state index in [-0.39, 0.29) is 24.8 Å². The van der Waals surface area contributed by atoms with E-state index in [0.717, 1.165) is 0 Å². The standard InChI is InChI=1S/C13H17NO3/c15-10-9-14-13(17)8-4-7-12(16)11-5-2-1-3-6-11/h1-3,5-6,15H,4,7-10H2,(H,14,17). The van der Waals surface area contributed by atoms with Gasteiger partial charge in [0.25, 0.3) is 0 Å². The van der Waals surface area contributed by atoms with Crippen molar-refractivity contribution in [1.29, 1.82) is 0 Å². The maximum Gasteiger partial charge on any atom is 0.220 e. The highest BCUT2D eigenvalue weighted by molar-refractivity contribution is 5.96. The van der Waals surface area contributed by atoms with Crippen molar-refractivity contribution in [1.82, 2.24) is 5.32 Å². The summed E-state index contributed by atoms with van der Waals surface area (Å²) in [6, 6.07) is 9.05. The number of aliphatic hydroxyl groups is 1. The van der Waals surface area contributed by atoms with E-state index < -0.39 is 0 Å². The quantitative estimate of drug-likeness (QED) is 0.697. The monoisotopic (exact) mass is 235 g/mol. The highest BCUT2D eigenvalue weighted by atomic mass is 16.3. The van der Waals surface area contributed by atoms with Crippen molar-refractivity contribution in [3.05, 3.63) is 35.9 Å². The smallest absolute Gasteiger partial charge is 0.220 e. The maximum atomic E-state index is 11.7. The number of amides is 1. The van der Waals surface area contributed by atoms with Crippen LogP contribution in [0.1, 0.15) is 29.6 Å². The predicted molar refractivity (Wildman–Crippen MR) is 64.7 cm³/mol. The number of rotatable bonds is 7. The number of Topliss-reactive ketones (excluding diaryl/α,β-unsaturated/α-hetero) is 1. The third kappa shape index (κ3) is 5.26. The lowest BCUT2D eigenvalue weighted by atomic mass is 10.1. The lowest BCUT2D eigenvalue weighted by Crippen LogP contribution is -2.26. The van der Waals surface area contributed by atoms with Gasteiger partial charge in [-0.25, -0.2) is 0 Å². The Bertz CT molecular complexity index is 362.